The highest BCUT2D eigenvalue weighted by Crippen LogP contribution is 2.09. The number of carbonyl (C=O) groups is 2. The zero-order valence-corrected chi connectivity index (χ0v) is 8.03. The number of benzene rings is 1. The molecule has 0 aliphatic rings. The van der Waals surface area contributed by atoms with E-state index < -0.39 is 24.2 Å². The molecular formula is C10H7FN2O3. The van der Waals surface area contributed by atoms with Crippen LogP contribution in [0.25, 0.3) is 0 Å². The number of nitrogens with zero attached hydrogens (tertiary/aromatic N) is 1. The molecule has 1 aromatic carbocycles. The summed E-state index contributed by atoms with van der Waals surface area (Å²) >= 11 is 0. The maximum absolute atomic E-state index is 12.9. The Morgan fingerprint density at radius 3 is 2.75 bits per heavy atom. The lowest BCUT2D eigenvalue weighted by molar-refractivity contribution is -0.135. The fourth-order valence-corrected chi connectivity index (χ4v) is 1.01. The Kier molecular flexibility index (Phi) is 3.56. The van der Waals surface area contributed by atoms with E-state index in [9.17, 15) is 14.0 Å². The number of hydrogen-bond acceptors (Lipinski definition) is 3. The fraction of sp³-hybridized carbons (Fsp3) is 0.100. The number of hydrogen-bond donors (Lipinski definition) is 2. The maximum atomic E-state index is 12.9. The normalized spacial score (nSPS) is 9.25. The molecule has 0 aromatic heterocycles. The van der Waals surface area contributed by atoms with Crippen LogP contribution in [0.3, 0.4) is 0 Å². The van der Waals surface area contributed by atoms with Gasteiger partial charge in [0.1, 0.15) is 18.4 Å². The molecule has 0 atom stereocenters. The predicted molar refractivity (Wildman–Crippen MR) is 51.1 cm³/mol. The molecule has 0 bridgehead atoms. The fourth-order valence-electron chi connectivity index (χ4n) is 1.01. The Bertz CT molecular complexity index is 479. The lowest BCUT2D eigenvalue weighted by Gasteiger charge is -2.02. The minimum absolute atomic E-state index is 0.0409. The number of nitrogens with one attached hydrogen (secondary N) is 1. The van der Waals surface area contributed by atoms with Gasteiger partial charge >= 0.3 is 5.97 Å². The van der Waals surface area contributed by atoms with Crippen molar-refractivity contribution in [3.05, 3.63) is 35.1 Å². The van der Waals surface area contributed by atoms with Crippen LogP contribution in [0.4, 0.5) is 4.39 Å². The maximum Gasteiger partial charge on any atom is 0.322 e. The summed E-state index contributed by atoms with van der Waals surface area (Å²) in [5, 5.41) is 19.0. The second kappa shape index (κ2) is 4.89. The number of carbonyl (C=O) groups excluding carboxylic acids is 1. The van der Waals surface area contributed by atoms with E-state index in [2.05, 4.69) is 5.32 Å². The lowest BCUT2D eigenvalue weighted by atomic mass is 10.1. The molecular weight excluding hydrogens is 215 g/mol. The summed E-state index contributed by atoms with van der Waals surface area (Å²) in [7, 11) is 0. The van der Waals surface area contributed by atoms with Crippen LogP contribution in [0.15, 0.2) is 18.2 Å². The number of aliphatic carboxylic acids is 1. The van der Waals surface area contributed by atoms with Gasteiger partial charge in [-0.1, -0.05) is 0 Å². The van der Waals surface area contributed by atoms with Gasteiger partial charge in [0, 0.05) is 5.56 Å². The van der Waals surface area contributed by atoms with Gasteiger partial charge in [-0.15, -0.1) is 0 Å². The van der Waals surface area contributed by atoms with Crippen LogP contribution >= 0.6 is 0 Å². The molecule has 0 saturated carbocycles. The van der Waals surface area contributed by atoms with E-state index in [1.165, 1.54) is 6.07 Å². The van der Waals surface area contributed by atoms with Crippen molar-refractivity contribution in [2.75, 3.05) is 6.54 Å². The Morgan fingerprint density at radius 1 is 1.50 bits per heavy atom. The van der Waals surface area contributed by atoms with Gasteiger partial charge in [-0.3, -0.25) is 9.59 Å². The predicted octanol–water partition coefficient (Wildman–Crippen LogP) is 0.512. The van der Waals surface area contributed by atoms with Crippen LogP contribution in [0, 0.1) is 17.1 Å². The van der Waals surface area contributed by atoms with Gasteiger partial charge in [-0.25, -0.2) is 4.39 Å². The van der Waals surface area contributed by atoms with Crippen LogP contribution in [0.1, 0.15) is 15.9 Å². The monoisotopic (exact) mass is 222 g/mol. The van der Waals surface area contributed by atoms with E-state index in [-0.39, 0.29) is 11.1 Å². The van der Waals surface area contributed by atoms with Gasteiger partial charge < -0.3 is 10.4 Å². The third-order valence-electron chi connectivity index (χ3n) is 1.75. The first kappa shape index (κ1) is 11.7. The second-order valence-corrected chi connectivity index (χ2v) is 2.88. The largest absolute Gasteiger partial charge is 0.480 e. The van der Waals surface area contributed by atoms with Gasteiger partial charge in [0.25, 0.3) is 5.91 Å². The molecule has 0 radical (unpaired) electrons. The Morgan fingerprint density at radius 2 is 2.19 bits per heavy atom. The Balaban J connectivity index is 2.85. The summed E-state index contributed by atoms with van der Waals surface area (Å²) in [5.74, 6) is -2.58. The molecule has 5 nitrogen and oxygen atoms in total. The van der Waals surface area contributed by atoms with E-state index in [4.69, 9.17) is 10.4 Å². The van der Waals surface area contributed by atoms with Crippen LogP contribution < -0.4 is 5.32 Å². The first-order valence-electron chi connectivity index (χ1n) is 4.24. The third-order valence-corrected chi connectivity index (χ3v) is 1.75. The molecule has 0 spiro atoms. The van der Waals surface area contributed by atoms with Crippen LogP contribution in [-0.2, 0) is 4.79 Å². The Labute approximate surface area is 90.1 Å². The standard InChI is InChI=1S/C10H7FN2O3/c11-8-2-1-6(3-7(8)4-12)10(16)13-5-9(14)15/h1-3H,5H2,(H,13,16)(H,14,15). The van der Waals surface area contributed by atoms with Gasteiger partial charge in [0.2, 0.25) is 0 Å². The summed E-state index contributed by atoms with van der Waals surface area (Å²) in [6.45, 7) is -0.530. The second-order valence-electron chi connectivity index (χ2n) is 2.88. The van der Waals surface area contributed by atoms with Gasteiger partial charge in [0.15, 0.2) is 0 Å². The van der Waals surface area contributed by atoms with Gasteiger partial charge in [0.05, 0.1) is 5.56 Å². The van der Waals surface area contributed by atoms with Gasteiger partial charge in [-0.2, -0.15) is 5.26 Å². The SMILES string of the molecule is N#Cc1cc(C(=O)NCC(=O)O)ccc1F. The minimum atomic E-state index is -1.18. The molecule has 0 saturated heterocycles. The quantitative estimate of drug-likeness (QED) is 0.779. The van der Waals surface area contributed by atoms with E-state index in [0.29, 0.717) is 0 Å². The highest BCUT2D eigenvalue weighted by molar-refractivity contribution is 5.96. The number of amides is 1. The average molecular weight is 222 g/mol. The van der Waals surface area contributed by atoms with Crippen LogP contribution in [-0.4, -0.2) is 23.5 Å². The summed E-state index contributed by atoms with van der Waals surface area (Å²) < 4.78 is 12.9. The van der Waals surface area contributed by atoms with Crippen molar-refractivity contribution in [3.8, 4) is 6.07 Å². The molecule has 0 aliphatic carbocycles. The molecule has 1 aromatic rings. The highest BCUT2D eigenvalue weighted by atomic mass is 19.1. The van der Waals surface area contributed by atoms with Crippen molar-refractivity contribution in [2.24, 2.45) is 0 Å². The zero-order chi connectivity index (χ0) is 12.1. The van der Waals surface area contributed by atoms with Crippen molar-refractivity contribution in [3.63, 3.8) is 0 Å². The number of halogens is 1. The number of rotatable bonds is 3. The van der Waals surface area contributed by atoms with E-state index >= 15 is 0 Å². The van der Waals surface area contributed by atoms with Gasteiger partial charge in [-0.05, 0) is 18.2 Å². The lowest BCUT2D eigenvalue weighted by Crippen LogP contribution is -2.29. The van der Waals surface area contributed by atoms with E-state index in [1.807, 2.05) is 0 Å². The van der Waals surface area contributed by atoms with Crippen molar-refractivity contribution in [2.45, 2.75) is 0 Å². The minimum Gasteiger partial charge on any atom is -0.480 e. The first-order chi connectivity index (χ1) is 7.54. The van der Waals surface area contributed by atoms with E-state index in [0.717, 1.165) is 12.1 Å². The molecule has 0 fully saturated rings. The number of carboxylic acids is 1. The third kappa shape index (κ3) is 2.78. The topological polar surface area (TPSA) is 90.2 Å². The van der Waals surface area contributed by atoms with Crippen molar-refractivity contribution in [1.29, 1.82) is 5.26 Å². The number of carboxylic acid groups (broad SMARTS) is 1. The highest BCUT2D eigenvalue weighted by Gasteiger charge is 2.10. The summed E-state index contributed by atoms with van der Waals surface area (Å²) in [6.07, 6.45) is 0. The molecule has 82 valence electrons. The molecule has 1 amide bonds. The molecule has 0 unspecified atom stereocenters. The first-order valence-corrected chi connectivity index (χ1v) is 4.24. The molecule has 1 rings (SSSR count). The van der Waals surface area contributed by atoms with Crippen molar-refractivity contribution in [1.82, 2.24) is 5.32 Å². The van der Waals surface area contributed by atoms with E-state index in [1.54, 1.807) is 6.07 Å². The van der Waals surface area contributed by atoms with Crippen molar-refractivity contribution < 1.29 is 19.1 Å². The molecule has 0 aliphatic heterocycles. The number of nitriles is 1. The van der Waals surface area contributed by atoms with Crippen LogP contribution in [0.5, 0.6) is 0 Å². The molecule has 16 heavy (non-hydrogen) atoms. The summed E-state index contributed by atoms with van der Waals surface area (Å²) in [4.78, 5) is 21.5. The molecule has 6 heteroatoms. The molecule has 0 heterocycles. The van der Waals surface area contributed by atoms with Crippen LogP contribution in [0.2, 0.25) is 0 Å². The summed E-state index contributed by atoms with van der Waals surface area (Å²) in [5.41, 5.74) is -0.220. The van der Waals surface area contributed by atoms with Crippen molar-refractivity contribution >= 4 is 11.9 Å². The molecule has 2 N–H and O–H groups in total. The summed E-state index contributed by atoms with van der Waals surface area (Å²) in [6, 6.07) is 4.80. The average Bonchev–Trinajstić information content (AvgIpc) is 2.26. The smallest absolute Gasteiger partial charge is 0.322 e. The zero-order valence-electron chi connectivity index (χ0n) is 8.03. The Hall–Kier alpha value is -2.42.